The summed E-state index contributed by atoms with van der Waals surface area (Å²) in [7, 11) is 0. The zero-order valence-electron chi connectivity index (χ0n) is 8.59. The second kappa shape index (κ2) is 4.96. The molecular weight excluding hydrogens is 181 g/mol. The summed E-state index contributed by atoms with van der Waals surface area (Å²) in [5.74, 6) is -0.0439. The number of nitrogens with two attached hydrogens (primary N) is 1. The highest BCUT2D eigenvalue weighted by Crippen LogP contribution is 2.21. The molecule has 0 aliphatic carbocycles. The zero-order valence-corrected chi connectivity index (χ0v) is 8.59. The van der Waals surface area contributed by atoms with Crippen molar-refractivity contribution in [3.05, 3.63) is 29.6 Å². The summed E-state index contributed by atoms with van der Waals surface area (Å²) in [6.45, 7) is 4.10. The van der Waals surface area contributed by atoms with Gasteiger partial charge in [0.05, 0.1) is 6.10 Å². The summed E-state index contributed by atoms with van der Waals surface area (Å²) in [6.07, 6.45) is 0.879. The van der Waals surface area contributed by atoms with Crippen molar-refractivity contribution in [2.45, 2.75) is 32.9 Å². The van der Waals surface area contributed by atoms with Crippen molar-refractivity contribution in [3.63, 3.8) is 0 Å². The maximum atomic E-state index is 13.6. The van der Waals surface area contributed by atoms with Gasteiger partial charge in [-0.2, -0.15) is 0 Å². The number of hydrogen-bond acceptors (Lipinski definition) is 2. The first-order chi connectivity index (χ1) is 6.69. The summed E-state index contributed by atoms with van der Waals surface area (Å²) in [6, 6.07) is 5.04. The van der Waals surface area contributed by atoms with Gasteiger partial charge >= 0.3 is 0 Å². The highest BCUT2D eigenvalue weighted by Gasteiger charge is 2.09. The van der Waals surface area contributed by atoms with Crippen LogP contribution in [0.1, 0.15) is 25.8 Å². The zero-order chi connectivity index (χ0) is 10.6. The second-order valence-corrected chi connectivity index (χ2v) is 3.27. The van der Waals surface area contributed by atoms with E-state index in [2.05, 4.69) is 0 Å². The maximum absolute atomic E-state index is 13.6. The third-order valence-corrected chi connectivity index (χ3v) is 2.17. The van der Waals surface area contributed by atoms with Gasteiger partial charge < -0.3 is 10.5 Å². The van der Waals surface area contributed by atoms with E-state index in [9.17, 15) is 4.39 Å². The van der Waals surface area contributed by atoms with E-state index in [1.807, 2.05) is 13.8 Å². The van der Waals surface area contributed by atoms with Crippen LogP contribution < -0.4 is 10.5 Å². The van der Waals surface area contributed by atoms with Crippen molar-refractivity contribution in [2.24, 2.45) is 5.73 Å². The molecular formula is C11H16FNO. The number of hydrogen-bond donors (Lipinski definition) is 1. The third-order valence-electron chi connectivity index (χ3n) is 2.17. The van der Waals surface area contributed by atoms with E-state index in [0.717, 1.165) is 6.42 Å². The molecule has 0 bridgehead atoms. The van der Waals surface area contributed by atoms with Gasteiger partial charge in [-0.25, -0.2) is 4.39 Å². The fraction of sp³-hybridized carbons (Fsp3) is 0.455. The Morgan fingerprint density at radius 3 is 2.79 bits per heavy atom. The molecule has 0 aliphatic rings. The molecule has 1 rings (SSSR count). The van der Waals surface area contributed by atoms with Crippen LogP contribution in [0.15, 0.2) is 18.2 Å². The highest BCUT2D eigenvalue weighted by molar-refractivity contribution is 5.31. The molecule has 1 atom stereocenters. The smallest absolute Gasteiger partial charge is 0.169 e. The molecule has 0 amide bonds. The van der Waals surface area contributed by atoms with E-state index in [0.29, 0.717) is 11.3 Å². The topological polar surface area (TPSA) is 35.2 Å². The molecule has 1 aromatic carbocycles. The molecule has 1 unspecified atom stereocenters. The second-order valence-electron chi connectivity index (χ2n) is 3.27. The highest BCUT2D eigenvalue weighted by atomic mass is 19.1. The van der Waals surface area contributed by atoms with Crippen LogP contribution in [0.5, 0.6) is 5.75 Å². The lowest BCUT2D eigenvalue weighted by Gasteiger charge is -2.14. The molecule has 0 saturated heterocycles. The number of halogens is 1. The number of benzene rings is 1. The Morgan fingerprint density at radius 1 is 1.50 bits per heavy atom. The lowest BCUT2D eigenvalue weighted by atomic mass is 10.2. The van der Waals surface area contributed by atoms with Crippen molar-refractivity contribution >= 4 is 0 Å². The average Bonchev–Trinajstić information content (AvgIpc) is 2.21. The van der Waals surface area contributed by atoms with Gasteiger partial charge in [0.1, 0.15) is 0 Å². The lowest BCUT2D eigenvalue weighted by molar-refractivity contribution is 0.207. The summed E-state index contributed by atoms with van der Waals surface area (Å²) in [4.78, 5) is 0. The van der Waals surface area contributed by atoms with Crippen LogP contribution >= 0.6 is 0 Å². The summed E-state index contributed by atoms with van der Waals surface area (Å²) < 4.78 is 19.0. The molecule has 0 spiro atoms. The largest absolute Gasteiger partial charge is 0.488 e. The van der Waals surface area contributed by atoms with Gasteiger partial charge in [0.15, 0.2) is 11.6 Å². The van der Waals surface area contributed by atoms with Crippen molar-refractivity contribution < 1.29 is 9.13 Å². The first-order valence-electron chi connectivity index (χ1n) is 4.83. The van der Waals surface area contributed by atoms with Crippen molar-refractivity contribution in [3.8, 4) is 5.75 Å². The minimum Gasteiger partial charge on any atom is -0.488 e. The summed E-state index contributed by atoms with van der Waals surface area (Å²) >= 11 is 0. The first kappa shape index (κ1) is 11.0. The van der Waals surface area contributed by atoms with Gasteiger partial charge in [-0.1, -0.05) is 19.1 Å². The van der Waals surface area contributed by atoms with Gasteiger partial charge in [0, 0.05) is 12.1 Å². The van der Waals surface area contributed by atoms with Gasteiger partial charge in [0.25, 0.3) is 0 Å². The van der Waals surface area contributed by atoms with Gasteiger partial charge in [-0.15, -0.1) is 0 Å². The summed E-state index contributed by atoms with van der Waals surface area (Å²) in [5.41, 5.74) is 5.88. The minimum absolute atomic E-state index is 0.0255. The van der Waals surface area contributed by atoms with Gasteiger partial charge in [-0.05, 0) is 19.4 Å². The van der Waals surface area contributed by atoms with Crippen LogP contribution in [-0.2, 0) is 6.54 Å². The van der Waals surface area contributed by atoms with E-state index in [4.69, 9.17) is 10.5 Å². The van der Waals surface area contributed by atoms with Gasteiger partial charge in [-0.3, -0.25) is 0 Å². The Labute approximate surface area is 83.9 Å². The summed E-state index contributed by atoms with van der Waals surface area (Å²) in [5, 5.41) is 0. The van der Waals surface area contributed by atoms with Crippen LogP contribution in [-0.4, -0.2) is 6.10 Å². The Morgan fingerprint density at radius 2 is 2.21 bits per heavy atom. The SMILES string of the molecule is CCC(C)Oc1cccc(CN)c1F. The monoisotopic (exact) mass is 197 g/mol. The number of ether oxygens (including phenoxy) is 1. The van der Waals surface area contributed by atoms with Crippen LogP contribution in [0.2, 0.25) is 0 Å². The molecule has 1 aromatic rings. The van der Waals surface area contributed by atoms with Crippen molar-refractivity contribution in [1.82, 2.24) is 0 Å². The van der Waals surface area contributed by atoms with E-state index < -0.39 is 0 Å². The number of rotatable bonds is 4. The normalized spacial score (nSPS) is 12.6. The molecule has 2 nitrogen and oxygen atoms in total. The molecule has 0 heterocycles. The maximum Gasteiger partial charge on any atom is 0.169 e. The van der Waals surface area contributed by atoms with Crippen molar-refractivity contribution in [2.75, 3.05) is 0 Å². The molecule has 0 fully saturated rings. The standard InChI is InChI=1S/C11H16FNO/c1-3-8(2)14-10-6-4-5-9(7-13)11(10)12/h4-6,8H,3,7,13H2,1-2H3. The van der Waals surface area contributed by atoms with E-state index >= 15 is 0 Å². The van der Waals surface area contributed by atoms with Crippen LogP contribution in [0.25, 0.3) is 0 Å². The predicted molar refractivity (Wildman–Crippen MR) is 54.7 cm³/mol. The Balaban J connectivity index is 2.86. The van der Waals surface area contributed by atoms with E-state index in [-0.39, 0.29) is 18.5 Å². The Kier molecular flexibility index (Phi) is 3.89. The molecule has 0 aliphatic heterocycles. The molecule has 0 radical (unpaired) electrons. The third kappa shape index (κ3) is 2.45. The lowest BCUT2D eigenvalue weighted by Crippen LogP contribution is -2.12. The minimum atomic E-state index is -0.338. The molecule has 2 N–H and O–H groups in total. The average molecular weight is 197 g/mol. The fourth-order valence-corrected chi connectivity index (χ4v) is 1.10. The van der Waals surface area contributed by atoms with Crippen LogP contribution in [0.4, 0.5) is 4.39 Å². The van der Waals surface area contributed by atoms with Crippen LogP contribution in [0, 0.1) is 5.82 Å². The molecule has 3 heteroatoms. The van der Waals surface area contributed by atoms with Crippen LogP contribution in [0.3, 0.4) is 0 Å². The quantitative estimate of drug-likeness (QED) is 0.804. The molecule has 14 heavy (non-hydrogen) atoms. The van der Waals surface area contributed by atoms with Gasteiger partial charge in [0.2, 0.25) is 0 Å². The fourth-order valence-electron chi connectivity index (χ4n) is 1.10. The molecule has 0 saturated carbocycles. The first-order valence-corrected chi connectivity index (χ1v) is 4.83. The molecule has 0 aromatic heterocycles. The van der Waals surface area contributed by atoms with Crippen molar-refractivity contribution in [1.29, 1.82) is 0 Å². The van der Waals surface area contributed by atoms with E-state index in [1.165, 1.54) is 0 Å². The Bertz CT molecular complexity index is 301. The molecule has 78 valence electrons. The Hall–Kier alpha value is -1.09. The van der Waals surface area contributed by atoms with E-state index in [1.54, 1.807) is 18.2 Å². The predicted octanol–water partition coefficient (Wildman–Crippen LogP) is 2.46.